The first kappa shape index (κ1) is 13.4. The van der Waals surface area contributed by atoms with Crippen LogP contribution in [-0.4, -0.2) is 10.7 Å². The lowest BCUT2D eigenvalue weighted by molar-refractivity contribution is -0.156. The van der Waals surface area contributed by atoms with E-state index in [1.807, 2.05) is 0 Å². The van der Waals surface area contributed by atoms with Crippen molar-refractivity contribution >= 4 is 0 Å². The van der Waals surface area contributed by atoms with Crippen molar-refractivity contribution in [1.82, 2.24) is 0 Å². The van der Waals surface area contributed by atoms with Crippen LogP contribution in [0.3, 0.4) is 0 Å². The molecule has 2 rings (SSSR count). The van der Waals surface area contributed by atoms with Gasteiger partial charge in [0, 0.05) is 0 Å². The van der Waals surface area contributed by atoms with Crippen molar-refractivity contribution < 1.29 is 5.11 Å². The molecule has 0 aliphatic heterocycles. The molecular weight excluding hydrogens is 208 g/mol. The maximum Gasteiger partial charge on any atom is 0.0757 e. The number of rotatable bonds is 4. The summed E-state index contributed by atoms with van der Waals surface area (Å²) in [5.41, 5.74) is -0.133. The maximum atomic E-state index is 11.4. The molecule has 2 aliphatic carbocycles. The Bertz CT molecular complexity index is 285. The van der Waals surface area contributed by atoms with Gasteiger partial charge in [0.15, 0.2) is 0 Å². The van der Waals surface area contributed by atoms with Gasteiger partial charge in [-0.3, -0.25) is 0 Å². The number of hydrogen-bond acceptors (Lipinski definition) is 1. The zero-order valence-electron chi connectivity index (χ0n) is 12.3. The van der Waals surface area contributed by atoms with Crippen molar-refractivity contribution in [2.24, 2.45) is 22.7 Å². The van der Waals surface area contributed by atoms with Crippen LogP contribution in [-0.2, 0) is 0 Å². The normalized spacial score (nSPS) is 43.6. The van der Waals surface area contributed by atoms with Gasteiger partial charge in [-0.25, -0.2) is 0 Å². The molecule has 1 nitrogen and oxygen atoms in total. The first-order chi connectivity index (χ1) is 7.80. The Morgan fingerprint density at radius 3 is 2.18 bits per heavy atom. The molecule has 0 radical (unpaired) electrons. The summed E-state index contributed by atoms with van der Waals surface area (Å²) in [7, 11) is 0. The lowest BCUT2D eigenvalue weighted by Crippen LogP contribution is -2.55. The van der Waals surface area contributed by atoms with Crippen LogP contribution < -0.4 is 0 Å². The van der Waals surface area contributed by atoms with Crippen LogP contribution in [0.1, 0.15) is 73.1 Å². The third kappa shape index (κ3) is 1.61. The van der Waals surface area contributed by atoms with E-state index < -0.39 is 5.60 Å². The van der Waals surface area contributed by atoms with Crippen LogP contribution in [0.15, 0.2) is 0 Å². The van der Waals surface area contributed by atoms with Gasteiger partial charge in [-0.2, -0.15) is 0 Å². The second-order valence-corrected chi connectivity index (χ2v) is 7.47. The molecule has 2 aliphatic rings. The molecule has 0 spiro atoms. The highest BCUT2D eigenvalue weighted by Crippen LogP contribution is 2.69. The van der Waals surface area contributed by atoms with E-state index in [-0.39, 0.29) is 10.8 Å². The molecular formula is C16H30O. The fourth-order valence-electron chi connectivity index (χ4n) is 4.85. The van der Waals surface area contributed by atoms with Gasteiger partial charge in [-0.15, -0.1) is 0 Å². The summed E-state index contributed by atoms with van der Waals surface area (Å²) in [4.78, 5) is 0. The Morgan fingerprint density at radius 2 is 1.76 bits per heavy atom. The molecule has 100 valence electrons. The predicted octanol–water partition coefficient (Wildman–Crippen LogP) is 4.39. The Kier molecular flexibility index (Phi) is 3.14. The second-order valence-electron chi connectivity index (χ2n) is 7.47. The van der Waals surface area contributed by atoms with E-state index in [1.54, 1.807) is 0 Å². The molecule has 17 heavy (non-hydrogen) atoms. The van der Waals surface area contributed by atoms with Gasteiger partial charge < -0.3 is 5.11 Å². The molecule has 0 amide bonds. The fraction of sp³-hybridized carbons (Fsp3) is 1.00. The van der Waals surface area contributed by atoms with Crippen LogP contribution in [0.5, 0.6) is 0 Å². The van der Waals surface area contributed by atoms with Crippen LogP contribution in [0, 0.1) is 22.7 Å². The van der Waals surface area contributed by atoms with Gasteiger partial charge in [0.05, 0.1) is 5.60 Å². The van der Waals surface area contributed by atoms with Crippen molar-refractivity contribution in [3.05, 3.63) is 0 Å². The van der Waals surface area contributed by atoms with Crippen molar-refractivity contribution in [2.75, 3.05) is 0 Å². The molecule has 0 heterocycles. The Labute approximate surface area is 107 Å². The Morgan fingerprint density at radius 1 is 1.18 bits per heavy atom. The predicted molar refractivity (Wildman–Crippen MR) is 72.9 cm³/mol. The third-order valence-corrected chi connectivity index (χ3v) is 6.57. The highest BCUT2D eigenvalue weighted by atomic mass is 16.3. The van der Waals surface area contributed by atoms with Gasteiger partial charge in [-0.1, -0.05) is 47.5 Å². The van der Waals surface area contributed by atoms with Gasteiger partial charge in [0.2, 0.25) is 0 Å². The van der Waals surface area contributed by atoms with E-state index >= 15 is 0 Å². The molecule has 0 aromatic heterocycles. The van der Waals surface area contributed by atoms with Crippen LogP contribution >= 0.6 is 0 Å². The molecule has 3 atom stereocenters. The van der Waals surface area contributed by atoms with Crippen molar-refractivity contribution in [2.45, 2.75) is 78.7 Å². The number of hydrogen-bond donors (Lipinski definition) is 1. The Hall–Kier alpha value is -0.0400. The molecule has 2 fully saturated rings. The van der Waals surface area contributed by atoms with E-state index in [1.165, 1.54) is 32.1 Å². The molecule has 0 saturated heterocycles. The molecule has 3 unspecified atom stereocenters. The summed E-state index contributed by atoms with van der Waals surface area (Å²) in [5, 5.41) is 11.4. The minimum Gasteiger partial charge on any atom is -0.389 e. The summed E-state index contributed by atoms with van der Waals surface area (Å²) in [6, 6.07) is 0. The third-order valence-electron chi connectivity index (χ3n) is 6.57. The van der Waals surface area contributed by atoms with Gasteiger partial charge in [0.25, 0.3) is 0 Å². The zero-order valence-corrected chi connectivity index (χ0v) is 12.3. The first-order valence-corrected chi connectivity index (χ1v) is 7.53. The van der Waals surface area contributed by atoms with Crippen molar-refractivity contribution in [3.63, 3.8) is 0 Å². The van der Waals surface area contributed by atoms with E-state index in [0.717, 1.165) is 12.3 Å². The number of aliphatic hydroxyl groups is 1. The van der Waals surface area contributed by atoms with E-state index in [2.05, 4.69) is 34.6 Å². The van der Waals surface area contributed by atoms with Gasteiger partial charge in [-0.05, 0) is 48.3 Å². The lowest BCUT2D eigenvalue weighted by atomic mass is 9.57. The van der Waals surface area contributed by atoms with Crippen molar-refractivity contribution in [3.8, 4) is 0 Å². The van der Waals surface area contributed by atoms with Crippen LogP contribution in [0.4, 0.5) is 0 Å². The topological polar surface area (TPSA) is 20.2 Å². The van der Waals surface area contributed by atoms with Crippen molar-refractivity contribution in [1.29, 1.82) is 0 Å². The number of fused-ring (bicyclic) bond motifs is 2. The average molecular weight is 238 g/mol. The summed E-state index contributed by atoms with van der Waals surface area (Å²) in [6.45, 7) is 11.5. The molecule has 1 N–H and O–H groups in total. The zero-order chi connectivity index (χ0) is 12.9. The van der Waals surface area contributed by atoms with Crippen LogP contribution in [0.2, 0.25) is 0 Å². The fourth-order valence-corrected chi connectivity index (χ4v) is 4.85. The summed E-state index contributed by atoms with van der Waals surface area (Å²) < 4.78 is 0. The van der Waals surface area contributed by atoms with E-state index in [0.29, 0.717) is 5.92 Å². The molecule has 0 aromatic carbocycles. The SMILES string of the molecule is CCC(CC)CC1(O)C2(C)CCC(C2)C1(C)C. The van der Waals surface area contributed by atoms with Gasteiger partial charge in [0.1, 0.15) is 0 Å². The Balaban J connectivity index is 2.28. The monoisotopic (exact) mass is 238 g/mol. The summed E-state index contributed by atoms with van der Waals surface area (Å²) in [5.74, 6) is 1.43. The van der Waals surface area contributed by atoms with Gasteiger partial charge >= 0.3 is 0 Å². The standard InChI is InChI=1S/C16H30O/c1-6-12(7-2)10-16(17)14(3,4)13-8-9-15(16,5)11-13/h12-13,17H,6-11H2,1-5H3. The molecule has 0 aromatic rings. The summed E-state index contributed by atoms with van der Waals surface area (Å²) in [6.07, 6.45) is 7.23. The molecule has 2 bridgehead atoms. The van der Waals surface area contributed by atoms with E-state index in [9.17, 15) is 5.11 Å². The lowest BCUT2D eigenvalue weighted by Gasteiger charge is -2.52. The smallest absolute Gasteiger partial charge is 0.0757 e. The minimum absolute atomic E-state index is 0.114. The second kappa shape index (κ2) is 3.98. The highest BCUT2D eigenvalue weighted by molar-refractivity contribution is 5.18. The van der Waals surface area contributed by atoms with Crippen LogP contribution in [0.25, 0.3) is 0 Å². The molecule has 1 heteroatoms. The quantitative estimate of drug-likeness (QED) is 0.770. The molecule has 2 saturated carbocycles. The maximum absolute atomic E-state index is 11.4. The largest absolute Gasteiger partial charge is 0.389 e. The first-order valence-electron chi connectivity index (χ1n) is 7.53. The summed E-state index contributed by atoms with van der Waals surface area (Å²) >= 11 is 0. The highest BCUT2D eigenvalue weighted by Gasteiger charge is 2.68. The minimum atomic E-state index is -0.431. The van der Waals surface area contributed by atoms with E-state index in [4.69, 9.17) is 0 Å². The average Bonchev–Trinajstić information content (AvgIpc) is 2.74.